The fraction of sp³-hybridized carbons (Fsp3) is 0.375. The number of hydrogen-bond donors (Lipinski definition) is 1. The zero-order valence-corrected chi connectivity index (χ0v) is 13.8. The quantitative estimate of drug-likeness (QED) is 0.376. The SMILES string of the molecule is C[C@@]12C=C[C@@](CO)(O1)[C@H]1C(=O)N(c3ccc(Cl)cc3[N+](=O)[O-])C(=O)[C@H]12. The second-order valence-electron chi connectivity index (χ2n) is 6.59. The Labute approximate surface area is 146 Å². The molecule has 1 N–H and O–H groups in total. The van der Waals surface area contributed by atoms with Gasteiger partial charge in [-0.25, -0.2) is 4.90 Å². The molecule has 0 unspecified atom stereocenters. The number of nitrogens with zero attached hydrogens (tertiary/aromatic N) is 2. The Morgan fingerprint density at radius 1 is 1.32 bits per heavy atom. The summed E-state index contributed by atoms with van der Waals surface area (Å²) in [6, 6.07) is 3.76. The molecule has 130 valence electrons. The van der Waals surface area contributed by atoms with E-state index in [0.29, 0.717) is 0 Å². The molecule has 4 atom stereocenters. The lowest BCUT2D eigenvalue weighted by atomic mass is 9.73. The number of hydrogen-bond acceptors (Lipinski definition) is 6. The largest absolute Gasteiger partial charge is 0.393 e. The lowest BCUT2D eigenvalue weighted by Gasteiger charge is -2.26. The summed E-state index contributed by atoms with van der Waals surface area (Å²) < 4.78 is 5.80. The third-order valence-corrected chi connectivity index (χ3v) is 5.41. The minimum absolute atomic E-state index is 0.124. The van der Waals surface area contributed by atoms with Gasteiger partial charge in [0.05, 0.1) is 29.0 Å². The summed E-state index contributed by atoms with van der Waals surface area (Å²) in [4.78, 5) is 37.4. The van der Waals surface area contributed by atoms with Crippen LogP contribution in [0.25, 0.3) is 0 Å². The van der Waals surface area contributed by atoms with Crippen LogP contribution in [0.4, 0.5) is 11.4 Å². The lowest BCUT2D eigenvalue weighted by Crippen LogP contribution is -2.43. The maximum absolute atomic E-state index is 13.0. The minimum atomic E-state index is -1.28. The van der Waals surface area contributed by atoms with Crippen LogP contribution >= 0.6 is 11.6 Å². The monoisotopic (exact) mass is 364 g/mol. The first-order chi connectivity index (χ1) is 11.7. The number of aliphatic hydroxyl groups excluding tert-OH is 1. The Morgan fingerprint density at radius 2 is 2.00 bits per heavy atom. The molecule has 3 aliphatic heterocycles. The number of nitro groups is 1. The van der Waals surface area contributed by atoms with Crippen molar-refractivity contribution in [1.29, 1.82) is 0 Å². The molecule has 1 aromatic rings. The first kappa shape index (κ1) is 16.2. The van der Waals surface area contributed by atoms with Crippen LogP contribution in [0, 0.1) is 22.0 Å². The molecule has 3 heterocycles. The Hall–Kier alpha value is -2.29. The molecule has 2 fully saturated rings. The average Bonchev–Trinajstić information content (AvgIpc) is 3.14. The summed E-state index contributed by atoms with van der Waals surface area (Å²) in [6.07, 6.45) is 3.26. The van der Waals surface area contributed by atoms with Gasteiger partial charge in [0.1, 0.15) is 11.3 Å². The number of aliphatic hydroxyl groups is 1. The Morgan fingerprint density at radius 3 is 2.64 bits per heavy atom. The summed E-state index contributed by atoms with van der Waals surface area (Å²) in [5.41, 5.74) is -2.87. The van der Waals surface area contributed by atoms with Gasteiger partial charge < -0.3 is 9.84 Å². The molecule has 2 saturated heterocycles. The van der Waals surface area contributed by atoms with E-state index in [1.54, 1.807) is 19.1 Å². The van der Waals surface area contributed by atoms with Crippen LogP contribution in [0.3, 0.4) is 0 Å². The third-order valence-electron chi connectivity index (χ3n) is 5.18. The van der Waals surface area contributed by atoms with Gasteiger partial charge in [-0.15, -0.1) is 0 Å². The van der Waals surface area contributed by atoms with E-state index in [1.165, 1.54) is 12.1 Å². The van der Waals surface area contributed by atoms with E-state index in [4.69, 9.17) is 16.3 Å². The molecule has 0 aliphatic carbocycles. The summed E-state index contributed by atoms with van der Waals surface area (Å²) in [5, 5.41) is 21.2. The van der Waals surface area contributed by atoms with Crippen molar-refractivity contribution in [3.63, 3.8) is 0 Å². The fourth-order valence-electron chi connectivity index (χ4n) is 4.11. The van der Waals surface area contributed by atoms with E-state index >= 15 is 0 Å². The molecule has 3 aliphatic rings. The zero-order chi connectivity index (χ0) is 18.1. The maximum atomic E-state index is 13.0. The van der Waals surface area contributed by atoms with Crippen LogP contribution in [0.2, 0.25) is 5.02 Å². The smallest absolute Gasteiger partial charge is 0.294 e. The van der Waals surface area contributed by atoms with Crippen molar-refractivity contribution in [2.45, 2.75) is 18.1 Å². The van der Waals surface area contributed by atoms with E-state index in [2.05, 4.69) is 0 Å². The fourth-order valence-corrected chi connectivity index (χ4v) is 4.28. The summed E-state index contributed by atoms with van der Waals surface area (Å²) in [6.45, 7) is 1.20. The van der Waals surface area contributed by atoms with E-state index < -0.39 is 52.1 Å². The predicted molar refractivity (Wildman–Crippen MR) is 86.0 cm³/mol. The molecule has 0 radical (unpaired) electrons. The van der Waals surface area contributed by atoms with Crippen LogP contribution in [0.1, 0.15) is 6.92 Å². The van der Waals surface area contributed by atoms with Crippen molar-refractivity contribution in [2.24, 2.45) is 11.8 Å². The summed E-state index contributed by atoms with van der Waals surface area (Å²) in [5.74, 6) is -2.96. The second kappa shape index (κ2) is 4.87. The number of benzene rings is 1. The van der Waals surface area contributed by atoms with E-state index in [9.17, 15) is 24.8 Å². The van der Waals surface area contributed by atoms with Gasteiger partial charge in [0.25, 0.3) is 5.69 Å². The highest BCUT2D eigenvalue weighted by molar-refractivity contribution is 6.31. The number of fused-ring (bicyclic) bond motifs is 5. The highest BCUT2D eigenvalue weighted by Crippen LogP contribution is 2.58. The van der Waals surface area contributed by atoms with Crippen LogP contribution in [-0.2, 0) is 14.3 Å². The van der Waals surface area contributed by atoms with Crippen molar-refractivity contribution in [3.8, 4) is 0 Å². The Balaban J connectivity index is 1.85. The molecule has 0 aromatic heterocycles. The van der Waals surface area contributed by atoms with Crippen LogP contribution in [-0.4, -0.2) is 39.7 Å². The predicted octanol–water partition coefficient (Wildman–Crippen LogP) is 1.44. The van der Waals surface area contributed by atoms with Gasteiger partial charge >= 0.3 is 0 Å². The van der Waals surface area contributed by atoms with Gasteiger partial charge in [-0.05, 0) is 19.1 Å². The Kier molecular flexibility index (Phi) is 3.16. The number of amides is 2. The molecule has 2 bridgehead atoms. The molecule has 4 rings (SSSR count). The normalized spacial score (nSPS) is 35.6. The summed E-state index contributed by atoms with van der Waals surface area (Å²) >= 11 is 5.80. The Bertz CT molecular complexity index is 870. The number of carbonyl (C=O) groups excluding carboxylic acids is 2. The van der Waals surface area contributed by atoms with Crippen molar-refractivity contribution in [3.05, 3.63) is 45.5 Å². The first-order valence-corrected chi connectivity index (χ1v) is 7.95. The average molecular weight is 365 g/mol. The third kappa shape index (κ3) is 1.90. The first-order valence-electron chi connectivity index (χ1n) is 7.57. The molecule has 0 spiro atoms. The van der Waals surface area contributed by atoms with Gasteiger partial charge in [-0.2, -0.15) is 0 Å². The lowest BCUT2D eigenvalue weighted by molar-refractivity contribution is -0.384. The number of rotatable bonds is 3. The van der Waals surface area contributed by atoms with Gasteiger partial charge in [-0.3, -0.25) is 19.7 Å². The molecule has 0 saturated carbocycles. The van der Waals surface area contributed by atoms with Crippen LogP contribution in [0.5, 0.6) is 0 Å². The van der Waals surface area contributed by atoms with Crippen LogP contribution in [0.15, 0.2) is 30.4 Å². The number of carbonyl (C=O) groups is 2. The number of nitro benzene ring substituents is 1. The maximum Gasteiger partial charge on any atom is 0.294 e. The topological polar surface area (TPSA) is 110 Å². The molecule has 8 nitrogen and oxygen atoms in total. The number of anilines is 1. The van der Waals surface area contributed by atoms with Gasteiger partial charge in [0, 0.05) is 11.1 Å². The molecule has 25 heavy (non-hydrogen) atoms. The molecule has 1 aromatic carbocycles. The molecule has 2 amide bonds. The van der Waals surface area contributed by atoms with E-state index in [0.717, 1.165) is 11.0 Å². The standard InChI is InChI=1S/C16H13ClN2O6/c1-15-4-5-16(7-20,25-15)12-11(15)13(21)18(14(12)22)9-3-2-8(17)6-10(9)19(23)24/h2-6,11-12,20H,7H2,1H3/t11-,12+,15-,16-/m0/s1. The molecule has 9 heteroatoms. The van der Waals surface area contributed by atoms with Gasteiger partial charge in [-0.1, -0.05) is 23.8 Å². The summed E-state index contributed by atoms with van der Waals surface area (Å²) in [7, 11) is 0. The molecular formula is C16H13ClN2O6. The molecular weight excluding hydrogens is 352 g/mol. The number of imide groups is 1. The van der Waals surface area contributed by atoms with Crippen molar-refractivity contribution in [2.75, 3.05) is 11.5 Å². The number of halogens is 1. The van der Waals surface area contributed by atoms with E-state index in [-0.39, 0.29) is 10.7 Å². The van der Waals surface area contributed by atoms with Gasteiger partial charge in [0.15, 0.2) is 0 Å². The highest BCUT2D eigenvalue weighted by Gasteiger charge is 2.72. The van der Waals surface area contributed by atoms with Gasteiger partial charge in [0.2, 0.25) is 11.8 Å². The van der Waals surface area contributed by atoms with Crippen molar-refractivity contribution >= 4 is 34.8 Å². The van der Waals surface area contributed by atoms with Crippen molar-refractivity contribution in [1.82, 2.24) is 0 Å². The van der Waals surface area contributed by atoms with E-state index in [1.807, 2.05) is 0 Å². The highest BCUT2D eigenvalue weighted by atomic mass is 35.5. The van der Waals surface area contributed by atoms with Crippen LogP contribution < -0.4 is 4.90 Å². The minimum Gasteiger partial charge on any atom is -0.393 e. The second-order valence-corrected chi connectivity index (χ2v) is 7.03. The van der Waals surface area contributed by atoms with Crippen molar-refractivity contribution < 1.29 is 24.4 Å². The number of ether oxygens (including phenoxy) is 1. The zero-order valence-electron chi connectivity index (χ0n) is 13.0.